The molecule has 0 unspecified atom stereocenters. The van der Waals surface area contributed by atoms with Crippen LogP contribution in [0.3, 0.4) is 0 Å². The van der Waals surface area contributed by atoms with Crippen molar-refractivity contribution in [3.8, 4) is 0 Å². The van der Waals surface area contributed by atoms with Crippen molar-refractivity contribution in [3.05, 3.63) is 41.6 Å². The molecule has 2 atom stereocenters. The average molecular weight is 358 g/mol. The van der Waals surface area contributed by atoms with Gasteiger partial charge in [0.2, 0.25) is 5.91 Å². The fourth-order valence-electron chi connectivity index (χ4n) is 3.79. The fraction of sp³-hybridized carbons (Fsp3) is 0.526. The first-order chi connectivity index (χ1) is 12.5. The standard InChI is InChI=1S/C19H26N4O3/c1-4-16-15(8-9-26-16)19(25)20-10-13-6-7-17(24)23(5-2)18(13)14-11-21-22(3)12-14/h8-9,11-13,18H,4-7,10H2,1-3H3,(H,20,25)/t13-,18+/m1/s1. The highest BCUT2D eigenvalue weighted by Crippen LogP contribution is 2.36. The largest absolute Gasteiger partial charge is 0.469 e. The average Bonchev–Trinajstić information content (AvgIpc) is 3.28. The molecular formula is C19H26N4O3. The van der Waals surface area contributed by atoms with Crippen LogP contribution >= 0.6 is 0 Å². The molecule has 7 nitrogen and oxygen atoms in total. The van der Waals surface area contributed by atoms with Gasteiger partial charge in [0, 0.05) is 50.7 Å². The zero-order chi connectivity index (χ0) is 18.7. The minimum Gasteiger partial charge on any atom is -0.469 e. The molecule has 0 spiro atoms. The Bertz CT molecular complexity index is 779. The lowest BCUT2D eigenvalue weighted by molar-refractivity contribution is -0.138. The maximum absolute atomic E-state index is 12.5. The van der Waals surface area contributed by atoms with Crippen molar-refractivity contribution >= 4 is 11.8 Å². The lowest BCUT2D eigenvalue weighted by Crippen LogP contribution is -2.46. The number of likely N-dealkylation sites (tertiary alicyclic amines) is 1. The first-order valence-corrected chi connectivity index (χ1v) is 9.17. The minimum absolute atomic E-state index is 0.0646. The summed E-state index contributed by atoms with van der Waals surface area (Å²) < 4.78 is 7.09. The molecule has 2 aromatic rings. The van der Waals surface area contributed by atoms with Crippen molar-refractivity contribution in [1.82, 2.24) is 20.0 Å². The van der Waals surface area contributed by atoms with Crippen molar-refractivity contribution < 1.29 is 14.0 Å². The zero-order valence-corrected chi connectivity index (χ0v) is 15.6. The number of rotatable bonds is 6. The lowest BCUT2D eigenvalue weighted by atomic mass is 9.85. The van der Waals surface area contributed by atoms with Crippen molar-refractivity contribution in [3.63, 3.8) is 0 Å². The van der Waals surface area contributed by atoms with Gasteiger partial charge >= 0.3 is 0 Å². The number of aryl methyl sites for hydroxylation is 2. The predicted molar refractivity (Wildman–Crippen MR) is 96.5 cm³/mol. The summed E-state index contributed by atoms with van der Waals surface area (Å²) in [6, 6.07) is 1.64. The summed E-state index contributed by atoms with van der Waals surface area (Å²) in [5, 5.41) is 7.29. The molecule has 1 fully saturated rings. The van der Waals surface area contributed by atoms with Crippen molar-refractivity contribution in [2.45, 2.75) is 39.2 Å². The van der Waals surface area contributed by atoms with E-state index in [2.05, 4.69) is 10.4 Å². The van der Waals surface area contributed by atoms with E-state index in [1.807, 2.05) is 38.2 Å². The highest BCUT2D eigenvalue weighted by molar-refractivity contribution is 5.95. The normalized spacial score (nSPS) is 20.4. The molecule has 3 rings (SSSR count). The molecule has 0 radical (unpaired) electrons. The maximum atomic E-state index is 12.5. The minimum atomic E-state index is -0.125. The Kier molecular flexibility index (Phi) is 5.44. The van der Waals surface area contributed by atoms with Crippen LogP contribution in [-0.2, 0) is 18.3 Å². The number of aromatic nitrogens is 2. The van der Waals surface area contributed by atoms with Crippen LogP contribution < -0.4 is 5.32 Å². The molecule has 1 aliphatic rings. The molecule has 3 heterocycles. The van der Waals surface area contributed by atoms with Crippen molar-refractivity contribution in [2.75, 3.05) is 13.1 Å². The van der Waals surface area contributed by atoms with Gasteiger partial charge in [0.05, 0.1) is 24.1 Å². The van der Waals surface area contributed by atoms with E-state index in [0.29, 0.717) is 37.3 Å². The number of hydrogen-bond acceptors (Lipinski definition) is 4. The molecule has 0 aromatic carbocycles. The molecule has 1 aliphatic heterocycles. The van der Waals surface area contributed by atoms with E-state index >= 15 is 0 Å². The Morgan fingerprint density at radius 1 is 1.42 bits per heavy atom. The summed E-state index contributed by atoms with van der Waals surface area (Å²) in [4.78, 5) is 26.8. The van der Waals surface area contributed by atoms with Gasteiger partial charge in [0.25, 0.3) is 5.91 Å². The molecule has 1 N–H and O–H groups in total. The quantitative estimate of drug-likeness (QED) is 0.859. The Balaban J connectivity index is 1.76. The smallest absolute Gasteiger partial charge is 0.254 e. The van der Waals surface area contributed by atoms with Gasteiger partial charge in [-0.05, 0) is 19.4 Å². The molecule has 7 heteroatoms. The summed E-state index contributed by atoms with van der Waals surface area (Å²) in [5.74, 6) is 0.880. The van der Waals surface area contributed by atoms with E-state index in [0.717, 1.165) is 12.0 Å². The Morgan fingerprint density at radius 3 is 2.88 bits per heavy atom. The molecule has 2 amide bonds. The van der Waals surface area contributed by atoms with Crippen LogP contribution in [0.5, 0.6) is 0 Å². The Labute approximate surface area is 153 Å². The third-order valence-corrected chi connectivity index (χ3v) is 5.07. The molecule has 1 saturated heterocycles. The van der Waals surface area contributed by atoms with Gasteiger partial charge in [-0.25, -0.2) is 0 Å². The van der Waals surface area contributed by atoms with Gasteiger partial charge in [0.15, 0.2) is 0 Å². The molecule has 140 valence electrons. The van der Waals surface area contributed by atoms with Crippen molar-refractivity contribution in [1.29, 1.82) is 0 Å². The molecular weight excluding hydrogens is 332 g/mol. The van der Waals surface area contributed by atoms with Crippen LogP contribution in [0.1, 0.15) is 54.4 Å². The van der Waals surface area contributed by atoms with Crippen LogP contribution in [-0.4, -0.2) is 39.6 Å². The zero-order valence-electron chi connectivity index (χ0n) is 15.6. The Hall–Kier alpha value is -2.57. The summed E-state index contributed by atoms with van der Waals surface area (Å²) >= 11 is 0. The fourth-order valence-corrected chi connectivity index (χ4v) is 3.79. The third-order valence-electron chi connectivity index (χ3n) is 5.07. The van der Waals surface area contributed by atoms with E-state index < -0.39 is 0 Å². The monoisotopic (exact) mass is 358 g/mol. The van der Waals surface area contributed by atoms with Crippen LogP contribution in [0.25, 0.3) is 0 Å². The SMILES string of the molecule is CCc1occc1C(=O)NC[C@H]1CCC(=O)N(CC)[C@@H]1c1cnn(C)c1. The summed E-state index contributed by atoms with van der Waals surface area (Å²) in [5.41, 5.74) is 1.60. The van der Waals surface area contributed by atoms with Gasteiger partial charge in [-0.2, -0.15) is 5.10 Å². The van der Waals surface area contributed by atoms with E-state index in [9.17, 15) is 9.59 Å². The number of carbonyl (C=O) groups is 2. The van der Waals surface area contributed by atoms with E-state index in [4.69, 9.17) is 4.42 Å². The second-order valence-corrected chi connectivity index (χ2v) is 6.69. The summed E-state index contributed by atoms with van der Waals surface area (Å²) in [6.07, 6.45) is 7.25. The predicted octanol–water partition coefficient (Wildman–Crippen LogP) is 2.31. The highest BCUT2D eigenvalue weighted by Gasteiger charge is 2.36. The summed E-state index contributed by atoms with van der Waals surface area (Å²) in [6.45, 7) is 5.10. The maximum Gasteiger partial charge on any atom is 0.254 e. The number of piperidine rings is 1. The van der Waals surface area contributed by atoms with Crippen LogP contribution in [0.4, 0.5) is 0 Å². The molecule has 26 heavy (non-hydrogen) atoms. The van der Waals surface area contributed by atoms with Gasteiger partial charge in [-0.15, -0.1) is 0 Å². The second kappa shape index (κ2) is 7.76. The van der Waals surface area contributed by atoms with Gasteiger partial charge in [0.1, 0.15) is 5.76 Å². The van der Waals surface area contributed by atoms with Gasteiger partial charge < -0.3 is 14.6 Å². The molecule has 0 aliphatic carbocycles. The van der Waals surface area contributed by atoms with Crippen LogP contribution in [0.15, 0.2) is 29.1 Å². The van der Waals surface area contributed by atoms with Crippen molar-refractivity contribution in [2.24, 2.45) is 13.0 Å². The number of nitrogens with one attached hydrogen (secondary N) is 1. The molecule has 2 aromatic heterocycles. The number of amides is 2. The van der Waals surface area contributed by atoms with Crippen LogP contribution in [0.2, 0.25) is 0 Å². The van der Waals surface area contributed by atoms with E-state index in [-0.39, 0.29) is 23.8 Å². The topological polar surface area (TPSA) is 80.4 Å². The number of furan rings is 1. The lowest BCUT2D eigenvalue weighted by Gasteiger charge is -2.40. The first kappa shape index (κ1) is 18.2. The van der Waals surface area contributed by atoms with Gasteiger partial charge in [-0.1, -0.05) is 6.92 Å². The van der Waals surface area contributed by atoms with Crippen LogP contribution in [0, 0.1) is 5.92 Å². The van der Waals surface area contributed by atoms with E-state index in [1.165, 1.54) is 0 Å². The summed E-state index contributed by atoms with van der Waals surface area (Å²) in [7, 11) is 1.87. The molecule has 0 bridgehead atoms. The number of hydrogen-bond donors (Lipinski definition) is 1. The third kappa shape index (κ3) is 3.52. The number of nitrogens with zero attached hydrogens (tertiary/aromatic N) is 3. The number of carbonyl (C=O) groups excluding carboxylic acids is 2. The second-order valence-electron chi connectivity index (χ2n) is 6.69. The first-order valence-electron chi connectivity index (χ1n) is 9.17. The highest BCUT2D eigenvalue weighted by atomic mass is 16.3. The molecule has 0 saturated carbocycles. The van der Waals surface area contributed by atoms with E-state index in [1.54, 1.807) is 17.0 Å². The van der Waals surface area contributed by atoms with Gasteiger partial charge in [-0.3, -0.25) is 14.3 Å². The Morgan fingerprint density at radius 2 is 2.23 bits per heavy atom.